The molecule has 0 radical (unpaired) electrons. The van der Waals surface area contributed by atoms with E-state index in [-0.39, 0.29) is 28.5 Å². The maximum atomic E-state index is 13.1. The van der Waals surface area contributed by atoms with Gasteiger partial charge in [0, 0.05) is 24.0 Å². The Morgan fingerprint density at radius 1 is 1.55 bits per heavy atom. The van der Waals surface area contributed by atoms with Gasteiger partial charge in [0.15, 0.2) is 0 Å². The third-order valence-corrected chi connectivity index (χ3v) is 4.62. The fourth-order valence-electron chi connectivity index (χ4n) is 2.40. The quantitative estimate of drug-likeness (QED) is 0.812. The Kier molecular flexibility index (Phi) is 5.84. The molecule has 0 unspecified atom stereocenters. The summed E-state index contributed by atoms with van der Waals surface area (Å²) in [6.45, 7) is 0.664. The lowest BCUT2D eigenvalue weighted by molar-refractivity contribution is -0.122. The first kappa shape index (κ1) is 16.8. The highest BCUT2D eigenvalue weighted by Gasteiger charge is 2.26. The van der Waals surface area contributed by atoms with Crippen molar-refractivity contribution in [1.29, 1.82) is 0 Å². The maximum Gasteiger partial charge on any atom is 0.339 e. The Morgan fingerprint density at radius 3 is 3.00 bits per heavy atom. The smallest absolute Gasteiger partial charge is 0.339 e. The molecule has 0 aromatic carbocycles. The van der Waals surface area contributed by atoms with E-state index in [1.165, 1.54) is 12.5 Å². The third kappa shape index (κ3) is 3.80. The summed E-state index contributed by atoms with van der Waals surface area (Å²) in [6.07, 6.45) is -0.236. The molecule has 2 N–H and O–H groups in total. The van der Waals surface area contributed by atoms with E-state index in [0.717, 1.165) is 24.2 Å². The third-order valence-electron chi connectivity index (χ3n) is 3.59. The zero-order valence-corrected chi connectivity index (χ0v) is 13.0. The molecule has 1 atom stereocenters. The molecule has 1 aliphatic rings. The zero-order valence-electron chi connectivity index (χ0n) is 12.2. The number of methoxy groups -OCH3 is 1. The Labute approximate surface area is 131 Å². The van der Waals surface area contributed by atoms with Gasteiger partial charge in [-0.25, -0.2) is 13.6 Å². The molecule has 122 valence electrons. The van der Waals surface area contributed by atoms with Gasteiger partial charge in [-0.05, 0) is 19.3 Å². The van der Waals surface area contributed by atoms with Crippen molar-refractivity contribution in [3.63, 3.8) is 0 Å². The highest BCUT2D eigenvalue weighted by molar-refractivity contribution is 7.10. The van der Waals surface area contributed by atoms with E-state index in [4.69, 9.17) is 0 Å². The highest BCUT2D eigenvalue weighted by Crippen LogP contribution is 2.32. The number of alkyl halides is 2. The van der Waals surface area contributed by atoms with Gasteiger partial charge >= 0.3 is 5.97 Å². The number of nitrogens with one attached hydrogen (secondary N) is 2. The van der Waals surface area contributed by atoms with Crippen LogP contribution < -0.4 is 10.6 Å². The number of amides is 1. The molecule has 1 amide bonds. The molecule has 1 saturated heterocycles. The van der Waals surface area contributed by atoms with Crippen molar-refractivity contribution in [3.05, 3.63) is 21.4 Å². The van der Waals surface area contributed by atoms with Gasteiger partial charge in [-0.2, -0.15) is 0 Å². The van der Waals surface area contributed by atoms with Gasteiger partial charge < -0.3 is 15.4 Å². The molecule has 0 saturated carbocycles. The number of halogens is 2. The Bertz CT molecular complexity index is 548. The van der Waals surface area contributed by atoms with Gasteiger partial charge in [0.05, 0.1) is 23.6 Å². The number of ether oxygens (including phenoxy) is 1. The second-order valence-corrected chi connectivity index (χ2v) is 5.92. The lowest BCUT2D eigenvalue weighted by atomic mass is 10.1. The largest absolute Gasteiger partial charge is 0.465 e. The van der Waals surface area contributed by atoms with Gasteiger partial charge in [0.25, 0.3) is 6.43 Å². The van der Waals surface area contributed by atoms with Gasteiger partial charge in [0.2, 0.25) is 5.91 Å². The number of rotatable bonds is 5. The Hall–Kier alpha value is -1.54. The predicted molar refractivity (Wildman–Crippen MR) is 78.1 cm³/mol. The molecular weight excluding hydrogens is 314 g/mol. The summed E-state index contributed by atoms with van der Waals surface area (Å²) in [5.41, 5.74) is 0.341. The fourth-order valence-corrected chi connectivity index (χ4v) is 3.31. The molecule has 1 aromatic rings. The van der Waals surface area contributed by atoms with E-state index in [1.54, 1.807) is 0 Å². The van der Waals surface area contributed by atoms with E-state index in [0.29, 0.717) is 13.0 Å². The standard InChI is InChI=1S/C14H18F2N2O3S/c1-21-14(20)9-7-22-11(12(15)16)8(9)6-18-10-4-2-3-5-17-13(10)19/h7,10,12,18H,2-6H2,1H3,(H,17,19)/t10-/m0/s1. The van der Waals surface area contributed by atoms with Crippen LogP contribution in [0.4, 0.5) is 8.78 Å². The van der Waals surface area contributed by atoms with E-state index in [9.17, 15) is 18.4 Å². The monoisotopic (exact) mass is 332 g/mol. The number of thiophene rings is 1. The van der Waals surface area contributed by atoms with Crippen molar-refractivity contribution in [2.45, 2.75) is 38.3 Å². The summed E-state index contributed by atoms with van der Waals surface area (Å²) in [4.78, 5) is 23.4. The molecule has 0 spiro atoms. The molecular formula is C14H18F2N2O3S. The molecule has 0 bridgehead atoms. The van der Waals surface area contributed by atoms with E-state index in [2.05, 4.69) is 15.4 Å². The van der Waals surface area contributed by atoms with Crippen molar-refractivity contribution in [3.8, 4) is 0 Å². The summed E-state index contributed by atoms with van der Waals surface area (Å²) < 4.78 is 30.8. The van der Waals surface area contributed by atoms with Crippen LogP contribution in [0.15, 0.2) is 5.38 Å². The molecule has 1 aliphatic heterocycles. The molecule has 2 heterocycles. The Morgan fingerprint density at radius 2 is 2.32 bits per heavy atom. The normalized spacial score (nSPS) is 18.9. The van der Waals surface area contributed by atoms with Crippen LogP contribution >= 0.6 is 11.3 Å². The summed E-state index contributed by atoms with van der Waals surface area (Å²) in [5.74, 6) is -0.781. The van der Waals surface area contributed by atoms with Crippen molar-refractivity contribution in [2.75, 3.05) is 13.7 Å². The van der Waals surface area contributed by atoms with Crippen LogP contribution in [0.3, 0.4) is 0 Å². The molecule has 0 aliphatic carbocycles. The first-order valence-electron chi connectivity index (χ1n) is 7.02. The molecule has 8 heteroatoms. The molecule has 22 heavy (non-hydrogen) atoms. The van der Waals surface area contributed by atoms with Crippen molar-refractivity contribution < 1.29 is 23.1 Å². The lowest BCUT2D eigenvalue weighted by Gasteiger charge is -2.16. The second-order valence-electron chi connectivity index (χ2n) is 5.00. The maximum absolute atomic E-state index is 13.1. The van der Waals surface area contributed by atoms with Crippen LogP contribution in [-0.2, 0) is 16.1 Å². The molecule has 5 nitrogen and oxygen atoms in total. The highest BCUT2D eigenvalue weighted by atomic mass is 32.1. The minimum absolute atomic E-state index is 0.0334. The van der Waals surface area contributed by atoms with Gasteiger partial charge in [-0.1, -0.05) is 0 Å². The predicted octanol–water partition coefficient (Wildman–Crippen LogP) is 2.23. The van der Waals surface area contributed by atoms with E-state index in [1.807, 2.05) is 0 Å². The summed E-state index contributed by atoms with van der Waals surface area (Å²) >= 11 is 0.828. The van der Waals surface area contributed by atoms with Crippen molar-refractivity contribution in [1.82, 2.24) is 10.6 Å². The van der Waals surface area contributed by atoms with Crippen LogP contribution in [-0.4, -0.2) is 31.6 Å². The van der Waals surface area contributed by atoms with Gasteiger partial charge in [0.1, 0.15) is 0 Å². The van der Waals surface area contributed by atoms with Crippen molar-refractivity contribution >= 4 is 23.2 Å². The van der Waals surface area contributed by atoms with Crippen LogP contribution in [0.1, 0.15) is 46.5 Å². The van der Waals surface area contributed by atoms with E-state index >= 15 is 0 Å². The molecule has 1 fully saturated rings. The zero-order chi connectivity index (χ0) is 16.1. The molecule has 2 rings (SSSR count). The van der Waals surface area contributed by atoms with Crippen LogP contribution in [0, 0.1) is 0 Å². The number of hydrogen-bond donors (Lipinski definition) is 2. The number of carbonyl (C=O) groups excluding carboxylic acids is 2. The number of esters is 1. The minimum Gasteiger partial charge on any atom is -0.465 e. The lowest BCUT2D eigenvalue weighted by Crippen LogP contribution is -2.42. The van der Waals surface area contributed by atoms with Crippen molar-refractivity contribution in [2.24, 2.45) is 0 Å². The Balaban J connectivity index is 2.14. The fraction of sp³-hybridized carbons (Fsp3) is 0.571. The number of carbonyl (C=O) groups is 2. The summed E-state index contributed by atoms with van der Waals surface area (Å²) in [5, 5.41) is 7.13. The SMILES string of the molecule is COC(=O)c1csc(C(F)F)c1CN[C@H]1CCCCNC1=O. The first-order chi connectivity index (χ1) is 10.5. The topological polar surface area (TPSA) is 67.4 Å². The minimum atomic E-state index is -2.66. The van der Waals surface area contributed by atoms with E-state index < -0.39 is 18.4 Å². The van der Waals surface area contributed by atoms with Gasteiger partial charge in [-0.3, -0.25) is 4.79 Å². The van der Waals surface area contributed by atoms with Gasteiger partial charge in [-0.15, -0.1) is 11.3 Å². The second kappa shape index (κ2) is 7.64. The first-order valence-corrected chi connectivity index (χ1v) is 7.90. The summed E-state index contributed by atoms with van der Waals surface area (Å²) in [7, 11) is 1.21. The average Bonchev–Trinajstić information content (AvgIpc) is 2.82. The molecule has 1 aromatic heterocycles. The summed E-state index contributed by atoms with van der Waals surface area (Å²) in [6, 6.07) is -0.432. The van der Waals surface area contributed by atoms with Crippen LogP contribution in [0.2, 0.25) is 0 Å². The van der Waals surface area contributed by atoms with Crippen LogP contribution in [0.5, 0.6) is 0 Å². The number of hydrogen-bond acceptors (Lipinski definition) is 5. The van der Waals surface area contributed by atoms with Crippen LogP contribution in [0.25, 0.3) is 0 Å². The average molecular weight is 332 g/mol.